The fourth-order valence-electron chi connectivity index (χ4n) is 1.16. The molecule has 3 heteroatoms. The topological polar surface area (TPSA) is 26.3 Å². The molecule has 70 valence electrons. The van der Waals surface area contributed by atoms with E-state index in [0.717, 1.165) is 9.13 Å². The maximum atomic E-state index is 11.3. The van der Waals surface area contributed by atoms with Crippen LogP contribution in [0.1, 0.15) is 22.8 Å². The highest BCUT2D eigenvalue weighted by Crippen LogP contribution is 2.26. The smallest absolute Gasteiger partial charge is 0.164 e. The molecule has 0 saturated heterocycles. The van der Waals surface area contributed by atoms with Gasteiger partial charge in [0.15, 0.2) is 5.78 Å². The van der Waals surface area contributed by atoms with Crippen LogP contribution in [0.15, 0.2) is 12.1 Å². The van der Waals surface area contributed by atoms with Crippen molar-refractivity contribution in [1.29, 1.82) is 0 Å². The van der Waals surface area contributed by atoms with E-state index >= 15 is 0 Å². The molecule has 0 fully saturated rings. The van der Waals surface area contributed by atoms with E-state index in [1.54, 1.807) is 14.0 Å². The zero-order chi connectivity index (χ0) is 10.0. The van der Waals surface area contributed by atoms with Gasteiger partial charge in [-0.3, -0.25) is 4.79 Å². The van der Waals surface area contributed by atoms with Crippen LogP contribution in [0.25, 0.3) is 0 Å². The molecule has 0 aliphatic carbocycles. The molecule has 0 N–H and O–H groups in total. The highest BCUT2D eigenvalue weighted by Gasteiger charge is 2.13. The molecule has 0 aromatic heterocycles. The molecule has 1 aromatic carbocycles. The van der Waals surface area contributed by atoms with E-state index in [-0.39, 0.29) is 5.78 Å². The number of ketones is 1. The van der Waals surface area contributed by atoms with Gasteiger partial charge >= 0.3 is 0 Å². The number of benzene rings is 1. The second-order valence-electron chi connectivity index (χ2n) is 2.83. The van der Waals surface area contributed by atoms with Crippen molar-refractivity contribution in [2.45, 2.75) is 13.8 Å². The molecule has 1 aromatic rings. The molecule has 0 heterocycles. The Kier molecular flexibility index (Phi) is 3.30. The molecule has 0 unspecified atom stereocenters. The number of methoxy groups -OCH3 is 1. The minimum absolute atomic E-state index is 0.0463. The van der Waals surface area contributed by atoms with Crippen LogP contribution in [0.5, 0.6) is 5.75 Å². The Bertz CT molecular complexity index is 345. The van der Waals surface area contributed by atoms with Crippen LogP contribution in [0, 0.1) is 10.5 Å². The van der Waals surface area contributed by atoms with Crippen molar-refractivity contribution in [2.75, 3.05) is 7.11 Å². The predicted octanol–water partition coefficient (Wildman–Crippen LogP) is 2.81. The van der Waals surface area contributed by atoms with E-state index in [2.05, 4.69) is 22.6 Å². The van der Waals surface area contributed by atoms with Gasteiger partial charge in [0.2, 0.25) is 0 Å². The summed E-state index contributed by atoms with van der Waals surface area (Å²) in [6, 6.07) is 3.78. The van der Waals surface area contributed by atoms with Gasteiger partial charge in [-0.1, -0.05) is 6.07 Å². The van der Waals surface area contributed by atoms with Gasteiger partial charge in [-0.2, -0.15) is 0 Å². The first-order valence-electron chi connectivity index (χ1n) is 3.92. The van der Waals surface area contributed by atoms with Crippen LogP contribution in [0.4, 0.5) is 0 Å². The number of rotatable bonds is 2. The van der Waals surface area contributed by atoms with Gasteiger partial charge in [0, 0.05) is 3.57 Å². The van der Waals surface area contributed by atoms with Crippen LogP contribution < -0.4 is 4.74 Å². The minimum Gasteiger partial charge on any atom is -0.496 e. The number of carbonyl (C=O) groups is 1. The van der Waals surface area contributed by atoms with Crippen molar-refractivity contribution in [3.63, 3.8) is 0 Å². The average molecular weight is 290 g/mol. The number of ether oxygens (including phenoxy) is 1. The second-order valence-corrected chi connectivity index (χ2v) is 3.91. The van der Waals surface area contributed by atoms with E-state index in [4.69, 9.17) is 4.74 Å². The summed E-state index contributed by atoms with van der Waals surface area (Å²) >= 11 is 2.17. The molecule has 0 spiro atoms. The standard InChI is InChI=1S/C10H11IO2/c1-6-4-5-8(13-3)9(7(2)12)10(6)11/h4-5H,1-3H3. The first-order valence-corrected chi connectivity index (χ1v) is 4.99. The lowest BCUT2D eigenvalue weighted by molar-refractivity contribution is 0.101. The summed E-state index contributed by atoms with van der Waals surface area (Å²) in [5.74, 6) is 0.701. The fourth-order valence-corrected chi connectivity index (χ4v) is 1.99. The van der Waals surface area contributed by atoms with E-state index in [0.29, 0.717) is 11.3 Å². The van der Waals surface area contributed by atoms with Gasteiger partial charge in [0.1, 0.15) is 5.75 Å². The van der Waals surface area contributed by atoms with Gasteiger partial charge in [-0.25, -0.2) is 0 Å². The molecular formula is C10H11IO2. The Morgan fingerprint density at radius 2 is 2.08 bits per heavy atom. The van der Waals surface area contributed by atoms with Gasteiger partial charge in [-0.05, 0) is 48.1 Å². The number of Topliss-reactive ketones (excluding diaryl/α,β-unsaturated/α-hetero) is 1. The van der Waals surface area contributed by atoms with Gasteiger partial charge in [0.05, 0.1) is 12.7 Å². The third kappa shape index (κ3) is 2.02. The lowest BCUT2D eigenvalue weighted by atomic mass is 10.1. The highest BCUT2D eigenvalue weighted by molar-refractivity contribution is 14.1. The van der Waals surface area contributed by atoms with Crippen LogP contribution in [-0.2, 0) is 0 Å². The largest absolute Gasteiger partial charge is 0.496 e. The summed E-state index contributed by atoms with van der Waals surface area (Å²) in [6.45, 7) is 3.53. The molecule has 1 rings (SSSR count). The Balaban J connectivity index is 3.41. The molecule has 0 aliphatic heterocycles. The summed E-state index contributed by atoms with van der Waals surface area (Å²) in [7, 11) is 1.58. The summed E-state index contributed by atoms with van der Waals surface area (Å²) in [5.41, 5.74) is 1.79. The molecule has 0 aliphatic rings. The normalized spacial score (nSPS) is 9.85. The summed E-state index contributed by atoms with van der Waals surface area (Å²) in [5, 5.41) is 0. The quantitative estimate of drug-likeness (QED) is 0.618. The van der Waals surface area contributed by atoms with Crippen molar-refractivity contribution in [1.82, 2.24) is 0 Å². The first kappa shape index (κ1) is 10.5. The Morgan fingerprint density at radius 3 is 2.54 bits per heavy atom. The van der Waals surface area contributed by atoms with E-state index in [1.165, 1.54) is 0 Å². The number of aryl methyl sites for hydroxylation is 1. The lowest BCUT2D eigenvalue weighted by Crippen LogP contribution is -2.02. The predicted molar refractivity (Wildman–Crippen MR) is 60.5 cm³/mol. The van der Waals surface area contributed by atoms with E-state index < -0.39 is 0 Å². The molecule has 0 saturated carbocycles. The third-order valence-corrected chi connectivity index (χ3v) is 3.26. The van der Waals surface area contributed by atoms with Crippen molar-refractivity contribution in [3.05, 3.63) is 26.8 Å². The Labute approximate surface area is 91.4 Å². The van der Waals surface area contributed by atoms with Crippen molar-refractivity contribution in [3.8, 4) is 5.75 Å². The fraction of sp³-hybridized carbons (Fsp3) is 0.300. The monoisotopic (exact) mass is 290 g/mol. The maximum Gasteiger partial charge on any atom is 0.164 e. The van der Waals surface area contributed by atoms with Crippen molar-refractivity contribution < 1.29 is 9.53 Å². The van der Waals surface area contributed by atoms with Crippen LogP contribution >= 0.6 is 22.6 Å². The van der Waals surface area contributed by atoms with Crippen LogP contribution in [-0.4, -0.2) is 12.9 Å². The molecular weight excluding hydrogens is 279 g/mol. The second kappa shape index (κ2) is 4.09. The molecule has 0 amide bonds. The zero-order valence-electron chi connectivity index (χ0n) is 7.85. The van der Waals surface area contributed by atoms with Gasteiger partial charge in [-0.15, -0.1) is 0 Å². The van der Waals surface area contributed by atoms with Gasteiger partial charge in [0.25, 0.3) is 0 Å². The number of carbonyl (C=O) groups excluding carboxylic acids is 1. The molecule has 0 radical (unpaired) electrons. The van der Waals surface area contributed by atoms with Crippen LogP contribution in [0.3, 0.4) is 0 Å². The highest BCUT2D eigenvalue weighted by atomic mass is 127. The van der Waals surface area contributed by atoms with Crippen molar-refractivity contribution >= 4 is 28.4 Å². The van der Waals surface area contributed by atoms with E-state index in [1.807, 2.05) is 19.1 Å². The molecule has 0 atom stereocenters. The first-order chi connectivity index (χ1) is 6.07. The number of hydrogen-bond donors (Lipinski definition) is 0. The maximum absolute atomic E-state index is 11.3. The summed E-state index contributed by atoms with van der Waals surface area (Å²) in [6.07, 6.45) is 0. The van der Waals surface area contributed by atoms with E-state index in [9.17, 15) is 4.79 Å². The third-order valence-electron chi connectivity index (χ3n) is 1.87. The summed E-state index contributed by atoms with van der Waals surface area (Å²) < 4.78 is 6.09. The average Bonchev–Trinajstić information content (AvgIpc) is 2.08. The summed E-state index contributed by atoms with van der Waals surface area (Å²) in [4.78, 5) is 11.3. The number of hydrogen-bond acceptors (Lipinski definition) is 2. The SMILES string of the molecule is COc1ccc(C)c(I)c1C(C)=O. The zero-order valence-corrected chi connectivity index (χ0v) is 10.0. The number of halogens is 1. The molecule has 13 heavy (non-hydrogen) atoms. The Hall–Kier alpha value is -0.580. The molecule has 2 nitrogen and oxygen atoms in total. The van der Waals surface area contributed by atoms with Crippen LogP contribution in [0.2, 0.25) is 0 Å². The molecule has 0 bridgehead atoms. The minimum atomic E-state index is 0.0463. The lowest BCUT2D eigenvalue weighted by Gasteiger charge is -2.09. The Morgan fingerprint density at radius 1 is 1.46 bits per heavy atom. The van der Waals surface area contributed by atoms with Crippen molar-refractivity contribution in [2.24, 2.45) is 0 Å². The van der Waals surface area contributed by atoms with Gasteiger partial charge < -0.3 is 4.74 Å².